The molecule has 0 aliphatic carbocycles. The number of benzene rings is 2. The molecule has 0 saturated heterocycles. The van der Waals surface area contributed by atoms with Gasteiger partial charge in [-0.25, -0.2) is 4.39 Å². The van der Waals surface area contributed by atoms with Crippen LogP contribution >= 0.6 is 23.1 Å². The number of nitrogens with zero attached hydrogens (tertiary/aromatic N) is 3. The Hall–Kier alpha value is -2.85. The number of rotatable bonds is 6. The van der Waals surface area contributed by atoms with Gasteiger partial charge in [-0.2, -0.15) is 0 Å². The predicted molar refractivity (Wildman–Crippen MR) is 101 cm³/mol. The summed E-state index contributed by atoms with van der Waals surface area (Å²) in [5.41, 5.74) is -0.0677. The van der Waals surface area contributed by atoms with Crippen LogP contribution in [0.3, 0.4) is 0 Å². The number of amides is 1. The monoisotopic (exact) mass is 404 g/mol. The minimum absolute atomic E-state index is 0.137. The molecular weight excluding hydrogens is 391 g/mol. The second-order valence-electron chi connectivity index (χ2n) is 5.30. The van der Waals surface area contributed by atoms with Crippen molar-refractivity contribution in [3.8, 4) is 0 Å². The Morgan fingerprint density at radius 1 is 1.26 bits per heavy atom. The Morgan fingerprint density at radius 2 is 2.00 bits per heavy atom. The summed E-state index contributed by atoms with van der Waals surface area (Å²) in [7, 11) is 0. The van der Waals surface area contributed by atoms with Crippen LogP contribution in [0.15, 0.2) is 52.3 Å². The Morgan fingerprint density at radius 3 is 2.63 bits per heavy atom. The van der Waals surface area contributed by atoms with Crippen LogP contribution in [0.25, 0.3) is 0 Å². The lowest BCUT2D eigenvalue weighted by atomic mass is 10.2. The van der Waals surface area contributed by atoms with Crippen molar-refractivity contribution in [3.05, 3.63) is 69.0 Å². The molecule has 0 spiro atoms. The first-order valence-electron chi connectivity index (χ1n) is 7.82. The summed E-state index contributed by atoms with van der Waals surface area (Å²) in [6.07, 6.45) is 0.703. The molecule has 3 rings (SSSR count). The largest absolute Gasteiger partial charge is 0.296 e. The Kier molecular flexibility index (Phi) is 5.77. The van der Waals surface area contributed by atoms with E-state index in [1.54, 1.807) is 0 Å². The Bertz CT molecular complexity index is 992. The van der Waals surface area contributed by atoms with Crippen LogP contribution in [0.5, 0.6) is 0 Å². The highest BCUT2D eigenvalue weighted by Gasteiger charge is 2.19. The maximum atomic E-state index is 13.0. The summed E-state index contributed by atoms with van der Waals surface area (Å²) >= 11 is 2.37. The molecule has 1 amide bonds. The van der Waals surface area contributed by atoms with Gasteiger partial charge in [0, 0.05) is 16.5 Å². The first-order chi connectivity index (χ1) is 13.0. The maximum Gasteiger partial charge on any atom is 0.284 e. The molecule has 0 aliphatic rings. The van der Waals surface area contributed by atoms with Crippen molar-refractivity contribution in [2.24, 2.45) is 0 Å². The fourth-order valence-corrected chi connectivity index (χ4v) is 3.71. The highest BCUT2D eigenvalue weighted by atomic mass is 32.2. The molecule has 0 aliphatic heterocycles. The quantitative estimate of drug-likeness (QED) is 0.478. The van der Waals surface area contributed by atoms with Gasteiger partial charge in [0.2, 0.25) is 5.13 Å². The zero-order valence-electron chi connectivity index (χ0n) is 14.0. The first kappa shape index (κ1) is 18.9. The highest BCUT2D eigenvalue weighted by molar-refractivity contribution is 7.99. The molecule has 0 atom stereocenters. The summed E-state index contributed by atoms with van der Waals surface area (Å²) in [5.74, 6) is -0.890. The number of nitro groups is 1. The molecule has 2 aromatic carbocycles. The van der Waals surface area contributed by atoms with E-state index in [9.17, 15) is 19.3 Å². The van der Waals surface area contributed by atoms with Gasteiger partial charge in [0.1, 0.15) is 10.8 Å². The number of nitro benzene ring substituents is 1. The fraction of sp³-hybridized carbons (Fsp3) is 0.118. The molecule has 1 N–H and O–H groups in total. The van der Waals surface area contributed by atoms with Crippen molar-refractivity contribution >= 4 is 39.8 Å². The molecule has 1 aromatic heterocycles. The first-order valence-corrected chi connectivity index (χ1v) is 9.45. The number of hydrogen-bond donors (Lipinski definition) is 1. The van der Waals surface area contributed by atoms with Gasteiger partial charge in [0.05, 0.1) is 9.82 Å². The summed E-state index contributed by atoms with van der Waals surface area (Å²) < 4.78 is 13.0. The number of carbonyl (C=O) groups is 1. The standard InChI is InChI=1S/C17H13FN4O3S2/c1-2-15-20-21-17(27-15)19-16(23)10-3-8-14(13(9-10)22(24)25)26-12-6-4-11(18)5-7-12/h3-9H,2H2,1H3,(H,19,21,23). The van der Waals surface area contributed by atoms with Gasteiger partial charge >= 0.3 is 0 Å². The van der Waals surface area contributed by atoms with Gasteiger partial charge in [-0.15, -0.1) is 10.2 Å². The number of hydrogen-bond acceptors (Lipinski definition) is 7. The third-order valence-electron chi connectivity index (χ3n) is 3.45. The molecule has 0 bridgehead atoms. The maximum absolute atomic E-state index is 13.0. The Labute approximate surface area is 161 Å². The number of anilines is 1. The number of nitrogens with one attached hydrogen (secondary N) is 1. The number of aryl methyl sites for hydroxylation is 1. The van der Waals surface area contributed by atoms with E-state index in [4.69, 9.17) is 0 Å². The molecule has 0 saturated carbocycles. The average Bonchev–Trinajstić information content (AvgIpc) is 3.11. The normalized spacial score (nSPS) is 10.6. The third kappa shape index (κ3) is 4.66. The van der Waals surface area contributed by atoms with E-state index < -0.39 is 10.8 Å². The summed E-state index contributed by atoms with van der Waals surface area (Å²) in [6, 6.07) is 9.83. The second-order valence-corrected chi connectivity index (χ2v) is 7.48. The molecular formula is C17H13FN4O3S2. The average molecular weight is 404 g/mol. The van der Waals surface area contributed by atoms with Crippen LogP contribution in [-0.2, 0) is 6.42 Å². The summed E-state index contributed by atoms with van der Waals surface area (Å²) in [6.45, 7) is 1.92. The van der Waals surface area contributed by atoms with E-state index in [0.29, 0.717) is 21.3 Å². The molecule has 0 fully saturated rings. The van der Waals surface area contributed by atoms with Crippen LogP contribution < -0.4 is 5.32 Å². The van der Waals surface area contributed by atoms with E-state index in [-0.39, 0.29) is 17.1 Å². The van der Waals surface area contributed by atoms with Crippen molar-refractivity contribution in [2.45, 2.75) is 23.1 Å². The van der Waals surface area contributed by atoms with Crippen LogP contribution in [0.1, 0.15) is 22.3 Å². The van der Waals surface area contributed by atoms with E-state index in [1.807, 2.05) is 6.92 Å². The minimum atomic E-state index is -0.553. The lowest BCUT2D eigenvalue weighted by molar-refractivity contribution is -0.387. The van der Waals surface area contributed by atoms with Crippen LogP contribution in [0, 0.1) is 15.9 Å². The SMILES string of the molecule is CCc1nnc(NC(=O)c2ccc(Sc3ccc(F)cc3)c([N+](=O)[O-])c2)s1. The fourth-order valence-electron chi connectivity index (χ4n) is 2.13. The van der Waals surface area contributed by atoms with Crippen molar-refractivity contribution < 1.29 is 14.1 Å². The van der Waals surface area contributed by atoms with Gasteiger partial charge in [-0.3, -0.25) is 20.2 Å². The number of halogens is 1. The molecule has 1 heterocycles. The van der Waals surface area contributed by atoms with Crippen LogP contribution in [0.4, 0.5) is 15.2 Å². The lowest BCUT2D eigenvalue weighted by Crippen LogP contribution is -2.12. The molecule has 27 heavy (non-hydrogen) atoms. The van der Waals surface area contributed by atoms with Crippen molar-refractivity contribution in [1.29, 1.82) is 0 Å². The number of aromatic nitrogens is 2. The molecule has 0 unspecified atom stereocenters. The molecule has 0 radical (unpaired) electrons. The van der Waals surface area contributed by atoms with Gasteiger partial charge in [0.15, 0.2) is 0 Å². The van der Waals surface area contributed by atoms with Gasteiger partial charge in [-0.05, 0) is 42.8 Å². The third-order valence-corrected chi connectivity index (χ3v) is 5.51. The van der Waals surface area contributed by atoms with Crippen molar-refractivity contribution in [2.75, 3.05) is 5.32 Å². The molecule has 138 valence electrons. The second kappa shape index (κ2) is 8.23. The van der Waals surface area contributed by atoms with Gasteiger partial charge < -0.3 is 0 Å². The van der Waals surface area contributed by atoms with E-state index >= 15 is 0 Å². The predicted octanol–water partition coefficient (Wildman–Crippen LogP) is 4.55. The Balaban J connectivity index is 1.83. The van der Waals surface area contributed by atoms with Crippen LogP contribution in [-0.4, -0.2) is 21.0 Å². The zero-order valence-corrected chi connectivity index (χ0v) is 15.6. The molecule has 3 aromatic rings. The minimum Gasteiger partial charge on any atom is -0.296 e. The van der Waals surface area contributed by atoms with Crippen molar-refractivity contribution in [1.82, 2.24) is 10.2 Å². The summed E-state index contributed by atoms with van der Waals surface area (Å²) in [4.78, 5) is 24.2. The van der Waals surface area contributed by atoms with Gasteiger partial charge in [-0.1, -0.05) is 30.0 Å². The van der Waals surface area contributed by atoms with Gasteiger partial charge in [0.25, 0.3) is 11.6 Å². The molecule has 10 heteroatoms. The summed E-state index contributed by atoms with van der Waals surface area (Å²) in [5, 5.41) is 22.9. The topological polar surface area (TPSA) is 98.0 Å². The molecule has 7 nitrogen and oxygen atoms in total. The smallest absolute Gasteiger partial charge is 0.284 e. The lowest BCUT2D eigenvalue weighted by Gasteiger charge is -2.06. The van der Waals surface area contributed by atoms with Crippen molar-refractivity contribution in [3.63, 3.8) is 0 Å². The van der Waals surface area contributed by atoms with Crippen LogP contribution in [0.2, 0.25) is 0 Å². The number of carbonyl (C=O) groups excluding carboxylic acids is 1. The van der Waals surface area contributed by atoms with E-state index in [0.717, 1.165) is 16.8 Å². The zero-order chi connectivity index (χ0) is 19.4. The van der Waals surface area contributed by atoms with E-state index in [2.05, 4.69) is 15.5 Å². The van der Waals surface area contributed by atoms with E-state index in [1.165, 1.54) is 53.8 Å². The highest BCUT2D eigenvalue weighted by Crippen LogP contribution is 2.35.